The van der Waals surface area contributed by atoms with E-state index in [9.17, 15) is 9.18 Å². The summed E-state index contributed by atoms with van der Waals surface area (Å²) in [5.74, 6) is 0.495. The summed E-state index contributed by atoms with van der Waals surface area (Å²) in [6, 6.07) is 16.0. The summed E-state index contributed by atoms with van der Waals surface area (Å²) in [5.41, 5.74) is 1.53. The molecule has 1 amide bonds. The number of carbonyl (C=O) groups excluding carboxylic acids is 1. The second-order valence-electron chi connectivity index (χ2n) is 6.05. The van der Waals surface area contributed by atoms with Gasteiger partial charge in [-0.2, -0.15) is 0 Å². The van der Waals surface area contributed by atoms with Gasteiger partial charge in [-0.25, -0.2) is 4.39 Å². The van der Waals surface area contributed by atoms with Gasteiger partial charge in [0.15, 0.2) is 0 Å². The summed E-state index contributed by atoms with van der Waals surface area (Å²) >= 11 is 6.11. The van der Waals surface area contributed by atoms with Crippen molar-refractivity contribution in [1.29, 1.82) is 0 Å². The standard InChI is InChI=1S/C22H19ClFNO4/c1-27-20-12-18(21(28-2)11-17(20)23)25-22(26)16-5-3-4-6-19(16)29-13-14-7-9-15(24)10-8-14/h3-12H,13H2,1-2H3,(H,25,26). The number of hydrogen-bond acceptors (Lipinski definition) is 4. The number of nitrogens with one attached hydrogen (secondary N) is 1. The van der Waals surface area contributed by atoms with Crippen LogP contribution in [0.3, 0.4) is 0 Å². The first-order chi connectivity index (χ1) is 14.0. The maximum absolute atomic E-state index is 13.0. The molecule has 0 aliphatic carbocycles. The van der Waals surface area contributed by atoms with E-state index in [1.165, 1.54) is 26.4 Å². The van der Waals surface area contributed by atoms with E-state index in [1.54, 1.807) is 48.5 Å². The van der Waals surface area contributed by atoms with Crippen LogP contribution >= 0.6 is 11.6 Å². The van der Waals surface area contributed by atoms with Crippen LogP contribution in [0.1, 0.15) is 15.9 Å². The Balaban J connectivity index is 1.80. The lowest BCUT2D eigenvalue weighted by atomic mass is 10.1. The number of para-hydroxylation sites is 1. The Bertz CT molecular complexity index is 1010. The number of halogens is 2. The molecule has 3 rings (SSSR count). The highest BCUT2D eigenvalue weighted by Crippen LogP contribution is 2.36. The summed E-state index contributed by atoms with van der Waals surface area (Å²) in [5, 5.41) is 3.16. The van der Waals surface area contributed by atoms with Crippen molar-refractivity contribution in [1.82, 2.24) is 0 Å². The van der Waals surface area contributed by atoms with Gasteiger partial charge in [-0.15, -0.1) is 0 Å². The predicted octanol–water partition coefficient (Wildman–Crippen LogP) is 5.33. The lowest BCUT2D eigenvalue weighted by Gasteiger charge is -2.15. The third kappa shape index (κ3) is 4.97. The Kier molecular flexibility index (Phi) is 6.57. The van der Waals surface area contributed by atoms with Crippen LogP contribution in [0.2, 0.25) is 5.02 Å². The minimum absolute atomic E-state index is 0.197. The molecule has 0 unspecified atom stereocenters. The van der Waals surface area contributed by atoms with E-state index in [1.807, 2.05) is 0 Å². The van der Waals surface area contributed by atoms with Crippen LogP contribution in [-0.2, 0) is 6.61 Å². The number of rotatable bonds is 7. The van der Waals surface area contributed by atoms with Crippen LogP contribution in [0, 0.1) is 5.82 Å². The molecule has 0 spiro atoms. The molecule has 0 radical (unpaired) electrons. The van der Waals surface area contributed by atoms with Crippen molar-refractivity contribution < 1.29 is 23.4 Å². The summed E-state index contributed by atoms with van der Waals surface area (Å²) in [6.07, 6.45) is 0. The molecule has 3 aromatic rings. The number of carbonyl (C=O) groups is 1. The number of methoxy groups -OCH3 is 2. The van der Waals surface area contributed by atoms with E-state index in [2.05, 4.69) is 5.32 Å². The first-order valence-corrected chi connectivity index (χ1v) is 9.08. The zero-order valence-electron chi connectivity index (χ0n) is 15.9. The summed E-state index contributed by atoms with van der Waals surface area (Å²) in [6.45, 7) is 0.197. The van der Waals surface area contributed by atoms with Gasteiger partial charge < -0.3 is 19.5 Å². The fraction of sp³-hybridized carbons (Fsp3) is 0.136. The maximum Gasteiger partial charge on any atom is 0.259 e. The SMILES string of the molecule is COc1cc(NC(=O)c2ccccc2OCc2ccc(F)cc2)c(OC)cc1Cl. The molecular weight excluding hydrogens is 397 g/mol. The van der Waals surface area contributed by atoms with Crippen LogP contribution < -0.4 is 19.5 Å². The topological polar surface area (TPSA) is 56.8 Å². The quantitative estimate of drug-likeness (QED) is 0.566. The zero-order chi connectivity index (χ0) is 20.8. The van der Waals surface area contributed by atoms with Gasteiger partial charge in [-0.1, -0.05) is 35.9 Å². The van der Waals surface area contributed by atoms with Crippen LogP contribution in [0.5, 0.6) is 17.2 Å². The Hall–Kier alpha value is -3.25. The number of ether oxygens (including phenoxy) is 3. The maximum atomic E-state index is 13.0. The highest BCUT2D eigenvalue weighted by Gasteiger charge is 2.17. The van der Waals surface area contributed by atoms with Crippen LogP contribution in [0.15, 0.2) is 60.7 Å². The van der Waals surface area contributed by atoms with Gasteiger partial charge in [0, 0.05) is 12.1 Å². The van der Waals surface area contributed by atoms with Crippen LogP contribution in [0.25, 0.3) is 0 Å². The van der Waals surface area contributed by atoms with Gasteiger partial charge in [0.2, 0.25) is 0 Å². The third-order valence-electron chi connectivity index (χ3n) is 4.16. The molecular formula is C22H19ClFNO4. The molecule has 1 N–H and O–H groups in total. The van der Waals surface area contributed by atoms with Gasteiger partial charge in [-0.05, 0) is 29.8 Å². The molecule has 0 saturated carbocycles. The molecule has 150 valence electrons. The number of amides is 1. The van der Waals surface area contributed by atoms with Crippen molar-refractivity contribution in [3.63, 3.8) is 0 Å². The molecule has 0 aliphatic rings. The summed E-state index contributed by atoms with van der Waals surface area (Å²) in [7, 11) is 2.96. The molecule has 0 heterocycles. The normalized spacial score (nSPS) is 10.3. The second kappa shape index (κ2) is 9.30. The van der Waals surface area contributed by atoms with Gasteiger partial charge in [0.25, 0.3) is 5.91 Å². The fourth-order valence-electron chi connectivity index (χ4n) is 2.67. The molecule has 0 aliphatic heterocycles. The van der Waals surface area contributed by atoms with E-state index < -0.39 is 0 Å². The Morgan fingerprint density at radius 3 is 2.34 bits per heavy atom. The molecule has 29 heavy (non-hydrogen) atoms. The van der Waals surface area contributed by atoms with Crippen molar-refractivity contribution in [3.8, 4) is 17.2 Å². The predicted molar refractivity (Wildman–Crippen MR) is 110 cm³/mol. The highest BCUT2D eigenvalue weighted by molar-refractivity contribution is 6.32. The molecule has 3 aromatic carbocycles. The number of hydrogen-bond donors (Lipinski definition) is 1. The molecule has 5 nitrogen and oxygen atoms in total. The van der Waals surface area contributed by atoms with E-state index >= 15 is 0 Å². The Morgan fingerprint density at radius 1 is 0.966 bits per heavy atom. The molecule has 0 bridgehead atoms. The third-order valence-corrected chi connectivity index (χ3v) is 4.46. The van der Waals surface area contributed by atoms with Gasteiger partial charge in [0.05, 0.1) is 30.5 Å². The number of anilines is 1. The van der Waals surface area contributed by atoms with Crippen LogP contribution in [0.4, 0.5) is 10.1 Å². The Morgan fingerprint density at radius 2 is 1.66 bits per heavy atom. The molecule has 0 aromatic heterocycles. The summed E-state index contributed by atoms with van der Waals surface area (Å²) < 4.78 is 29.3. The zero-order valence-corrected chi connectivity index (χ0v) is 16.6. The van der Waals surface area contributed by atoms with Crippen molar-refractivity contribution in [3.05, 3.63) is 82.6 Å². The van der Waals surface area contributed by atoms with Gasteiger partial charge in [-0.3, -0.25) is 4.79 Å². The van der Waals surface area contributed by atoms with E-state index in [0.717, 1.165) is 5.56 Å². The minimum atomic E-state index is -0.387. The lowest BCUT2D eigenvalue weighted by molar-refractivity contribution is 0.102. The van der Waals surface area contributed by atoms with E-state index in [0.29, 0.717) is 33.5 Å². The van der Waals surface area contributed by atoms with Crippen LogP contribution in [-0.4, -0.2) is 20.1 Å². The fourth-order valence-corrected chi connectivity index (χ4v) is 2.90. The molecule has 0 atom stereocenters. The lowest BCUT2D eigenvalue weighted by Crippen LogP contribution is -2.14. The molecule has 7 heteroatoms. The minimum Gasteiger partial charge on any atom is -0.495 e. The van der Waals surface area contributed by atoms with Crippen molar-refractivity contribution in [2.45, 2.75) is 6.61 Å². The monoisotopic (exact) mass is 415 g/mol. The van der Waals surface area contributed by atoms with Gasteiger partial charge in [0.1, 0.15) is 29.7 Å². The van der Waals surface area contributed by atoms with Gasteiger partial charge >= 0.3 is 0 Å². The number of benzene rings is 3. The van der Waals surface area contributed by atoms with E-state index in [4.69, 9.17) is 25.8 Å². The first kappa shape index (κ1) is 20.5. The largest absolute Gasteiger partial charge is 0.495 e. The average Bonchev–Trinajstić information content (AvgIpc) is 2.74. The molecule has 0 fully saturated rings. The smallest absolute Gasteiger partial charge is 0.259 e. The summed E-state index contributed by atoms with van der Waals surface area (Å²) in [4.78, 5) is 12.9. The molecule has 0 saturated heterocycles. The van der Waals surface area contributed by atoms with Crippen molar-refractivity contribution in [2.24, 2.45) is 0 Å². The van der Waals surface area contributed by atoms with Crippen molar-refractivity contribution >= 4 is 23.2 Å². The van der Waals surface area contributed by atoms with E-state index in [-0.39, 0.29) is 18.3 Å². The Labute approximate surface area is 173 Å². The van der Waals surface area contributed by atoms with Crippen molar-refractivity contribution in [2.75, 3.05) is 19.5 Å². The first-order valence-electron chi connectivity index (χ1n) is 8.71. The average molecular weight is 416 g/mol. The highest BCUT2D eigenvalue weighted by atomic mass is 35.5. The second-order valence-corrected chi connectivity index (χ2v) is 6.46.